The van der Waals surface area contributed by atoms with E-state index in [0.717, 1.165) is 0 Å². The summed E-state index contributed by atoms with van der Waals surface area (Å²) in [4.78, 5) is 22.3. The maximum absolute atomic E-state index is 11.5. The highest BCUT2D eigenvalue weighted by molar-refractivity contribution is 5.88. The molecular formula is C12H13N3O3. The van der Waals surface area contributed by atoms with Gasteiger partial charge in [-0.05, 0) is 13.0 Å². The predicted molar refractivity (Wildman–Crippen MR) is 64.6 cm³/mol. The Balaban J connectivity index is 2.12. The van der Waals surface area contributed by atoms with Crippen LogP contribution in [0.25, 0.3) is 0 Å². The molecule has 0 aliphatic carbocycles. The van der Waals surface area contributed by atoms with Crippen LogP contribution in [0.1, 0.15) is 16.1 Å². The first-order valence-electron chi connectivity index (χ1n) is 5.51. The van der Waals surface area contributed by atoms with E-state index in [1.54, 1.807) is 29.8 Å². The Bertz CT molecular complexity index is 627. The van der Waals surface area contributed by atoms with Crippen molar-refractivity contribution in [2.75, 3.05) is 0 Å². The standard InChI is InChI=1S/C12H13N3O3/c1-9-10(12(17)18)8-15(13-9)7-6-14-5-3-2-4-11(14)16/h2-5,8H,6-7H2,1H3,(H,17,18). The molecule has 1 N–H and O–H groups in total. The molecule has 0 saturated carbocycles. The van der Waals surface area contributed by atoms with Crippen molar-refractivity contribution in [2.24, 2.45) is 0 Å². The first-order chi connectivity index (χ1) is 8.58. The molecule has 0 spiro atoms. The van der Waals surface area contributed by atoms with Crippen LogP contribution in [0.4, 0.5) is 0 Å². The number of aryl methyl sites for hydroxylation is 3. The van der Waals surface area contributed by atoms with Crippen molar-refractivity contribution in [1.29, 1.82) is 0 Å². The minimum absolute atomic E-state index is 0.0835. The maximum atomic E-state index is 11.5. The number of carboxylic acid groups (broad SMARTS) is 1. The monoisotopic (exact) mass is 247 g/mol. The molecule has 18 heavy (non-hydrogen) atoms. The highest BCUT2D eigenvalue weighted by Gasteiger charge is 2.11. The van der Waals surface area contributed by atoms with Crippen LogP contribution >= 0.6 is 0 Å². The van der Waals surface area contributed by atoms with E-state index >= 15 is 0 Å². The lowest BCUT2D eigenvalue weighted by atomic mass is 10.3. The van der Waals surface area contributed by atoms with Gasteiger partial charge in [-0.1, -0.05) is 6.07 Å². The fourth-order valence-electron chi connectivity index (χ4n) is 1.70. The van der Waals surface area contributed by atoms with Crippen LogP contribution in [0, 0.1) is 6.92 Å². The molecule has 0 unspecified atom stereocenters. The van der Waals surface area contributed by atoms with E-state index in [-0.39, 0.29) is 11.1 Å². The van der Waals surface area contributed by atoms with Gasteiger partial charge in [-0.3, -0.25) is 9.48 Å². The van der Waals surface area contributed by atoms with Gasteiger partial charge in [-0.25, -0.2) is 4.79 Å². The SMILES string of the molecule is Cc1nn(CCn2ccccc2=O)cc1C(=O)O. The summed E-state index contributed by atoms with van der Waals surface area (Å²) >= 11 is 0. The van der Waals surface area contributed by atoms with Crippen molar-refractivity contribution in [3.05, 3.63) is 52.2 Å². The molecule has 0 fully saturated rings. The molecular weight excluding hydrogens is 234 g/mol. The zero-order valence-corrected chi connectivity index (χ0v) is 9.91. The van der Waals surface area contributed by atoms with E-state index in [4.69, 9.17) is 5.11 Å². The van der Waals surface area contributed by atoms with Crippen molar-refractivity contribution in [3.8, 4) is 0 Å². The fourth-order valence-corrected chi connectivity index (χ4v) is 1.70. The lowest BCUT2D eigenvalue weighted by Gasteiger charge is -2.04. The molecule has 94 valence electrons. The topological polar surface area (TPSA) is 77.1 Å². The summed E-state index contributed by atoms with van der Waals surface area (Å²) in [5.41, 5.74) is 0.582. The summed E-state index contributed by atoms with van der Waals surface area (Å²) in [5.74, 6) is -0.990. The van der Waals surface area contributed by atoms with Crippen LogP contribution < -0.4 is 5.56 Å². The number of aromatic nitrogens is 3. The highest BCUT2D eigenvalue weighted by Crippen LogP contribution is 2.05. The Labute approximate surface area is 103 Å². The average molecular weight is 247 g/mol. The van der Waals surface area contributed by atoms with Gasteiger partial charge in [-0.15, -0.1) is 0 Å². The van der Waals surface area contributed by atoms with Gasteiger partial charge in [0, 0.05) is 25.0 Å². The third kappa shape index (κ3) is 2.48. The molecule has 2 aromatic heterocycles. The second-order valence-electron chi connectivity index (χ2n) is 3.93. The van der Waals surface area contributed by atoms with Gasteiger partial charge in [0.2, 0.25) is 0 Å². The van der Waals surface area contributed by atoms with E-state index in [2.05, 4.69) is 5.10 Å². The minimum atomic E-state index is -0.990. The van der Waals surface area contributed by atoms with Crippen LogP contribution in [-0.2, 0) is 13.1 Å². The summed E-state index contributed by atoms with van der Waals surface area (Å²) in [5, 5.41) is 13.0. The zero-order chi connectivity index (χ0) is 13.1. The third-order valence-electron chi connectivity index (χ3n) is 2.65. The molecule has 0 atom stereocenters. The molecule has 6 nitrogen and oxygen atoms in total. The van der Waals surface area contributed by atoms with Crippen molar-refractivity contribution in [1.82, 2.24) is 14.3 Å². The van der Waals surface area contributed by atoms with Gasteiger partial charge in [0.25, 0.3) is 5.56 Å². The minimum Gasteiger partial charge on any atom is -0.478 e. The number of hydrogen-bond donors (Lipinski definition) is 1. The first kappa shape index (κ1) is 12.1. The Morgan fingerprint density at radius 1 is 1.39 bits per heavy atom. The van der Waals surface area contributed by atoms with Crippen molar-refractivity contribution < 1.29 is 9.90 Å². The van der Waals surface area contributed by atoms with E-state index < -0.39 is 5.97 Å². The Morgan fingerprint density at radius 2 is 2.17 bits per heavy atom. The summed E-state index contributed by atoms with van der Waals surface area (Å²) in [6.45, 7) is 2.56. The molecule has 2 rings (SSSR count). The van der Waals surface area contributed by atoms with E-state index in [0.29, 0.717) is 18.8 Å². The molecule has 0 amide bonds. The number of rotatable bonds is 4. The molecule has 0 saturated heterocycles. The Hall–Kier alpha value is -2.37. The van der Waals surface area contributed by atoms with Gasteiger partial charge in [0.05, 0.1) is 12.2 Å². The molecule has 0 radical (unpaired) electrons. The number of carboxylic acids is 1. The number of nitrogens with zero attached hydrogens (tertiary/aromatic N) is 3. The van der Waals surface area contributed by atoms with E-state index in [1.165, 1.54) is 16.9 Å². The lowest BCUT2D eigenvalue weighted by molar-refractivity contribution is 0.0696. The number of aromatic carboxylic acids is 1. The van der Waals surface area contributed by atoms with E-state index in [1.807, 2.05) is 0 Å². The largest absolute Gasteiger partial charge is 0.478 e. The summed E-state index contributed by atoms with van der Waals surface area (Å²) in [7, 11) is 0. The molecule has 2 aromatic rings. The average Bonchev–Trinajstić information content (AvgIpc) is 2.70. The number of pyridine rings is 1. The van der Waals surface area contributed by atoms with Gasteiger partial charge in [-0.2, -0.15) is 5.10 Å². The Kier molecular flexibility index (Phi) is 3.27. The number of carbonyl (C=O) groups is 1. The van der Waals surface area contributed by atoms with Crippen LogP contribution in [-0.4, -0.2) is 25.4 Å². The maximum Gasteiger partial charge on any atom is 0.339 e. The zero-order valence-electron chi connectivity index (χ0n) is 9.91. The molecule has 0 bridgehead atoms. The number of hydrogen-bond acceptors (Lipinski definition) is 3. The van der Waals surface area contributed by atoms with Crippen LogP contribution in [0.15, 0.2) is 35.4 Å². The fraction of sp³-hybridized carbons (Fsp3) is 0.250. The highest BCUT2D eigenvalue weighted by atomic mass is 16.4. The van der Waals surface area contributed by atoms with E-state index in [9.17, 15) is 9.59 Å². The molecule has 0 aliphatic rings. The van der Waals surface area contributed by atoms with Gasteiger partial charge in [0.15, 0.2) is 0 Å². The van der Waals surface area contributed by atoms with Crippen molar-refractivity contribution in [3.63, 3.8) is 0 Å². The third-order valence-corrected chi connectivity index (χ3v) is 2.65. The summed E-state index contributed by atoms with van der Waals surface area (Å²) in [6, 6.07) is 4.94. The normalized spacial score (nSPS) is 10.5. The molecule has 0 aliphatic heterocycles. The molecule has 0 aromatic carbocycles. The van der Waals surface area contributed by atoms with Crippen molar-refractivity contribution in [2.45, 2.75) is 20.0 Å². The second-order valence-corrected chi connectivity index (χ2v) is 3.93. The smallest absolute Gasteiger partial charge is 0.339 e. The van der Waals surface area contributed by atoms with Gasteiger partial charge in [0.1, 0.15) is 5.56 Å². The Morgan fingerprint density at radius 3 is 2.78 bits per heavy atom. The van der Waals surface area contributed by atoms with Crippen LogP contribution in [0.2, 0.25) is 0 Å². The summed E-state index contributed by atoms with van der Waals surface area (Å²) in [6.07, 6.45) is 3.17. The molecule has 6 heteroatoms. The first-order valence-corrected chi connectivity index (χ1v) is 5.51. The second kappa shape index (κ2) is 4.87. The van der Waals surface area contributed by atoms with Crippen LogP contribution in [0.5, 0.6) is 0 Å². The molecule has 2 heterocycles. The summed E-state index contributed by atoms with van der Waals surface area (Å²) < 4.78 is 3.09. The van der Waals surface area contributed by atoms with Gasteiger partial charge >= 0.3 is 5.97 Å². The lowest BCUT2D eigenvalue weighted by Crippen LogP contribution is -2.20. The quantitative estimate of drug-likeness (QED) is 0.865. The van der Waals surface area contributed by atoms with Crippen molar-refractivity contribution >= 4 is 5.97 Å². The van der Waals surface area contributed by atoms with Gasteiger partial charge < -0.3 is 9.67 Å². The van der Waals surface area contributed by atoms with Crippen LogP contribution in [0.3, 0.4) is 0 Å². The predicted octanol–water partition coefficient (Wildman–Crippen LogP) is 0.752.